The normalized spacial score (nSPS) is 17.2. The Kier molecular flexibility index (Phi) is 6.86. The minimum absolute atomic E-state index is 0.205. The number of carbonyl (C=O) groups is 1. The standard InChI is InChI=1S/C26H36N8O/c1-19(2)34-25(20-7-9-21(10-8-20)32-16-14-31(3)15-17-32)30-23-24(28-18-29-26(23)34)27-11-5-13-33-12-4-6-22(33)35/h7-10,18-19H,4-6,11-17H2,1-3H3,(H,27,28,29). The molecule has 0 saturated carbocycles. The molecule has 1 N–H and O–H groups in total. The molecule has 0 spiro atoms. The molecule has 2 aliphatic heterocycles. The number of aromatic nitrogens is 4. The number of carbonyl (C=O) groups excluding carboxylic acids is 1. The number of likely N-dealkylation sites (N-methyl/N-ethyl adjacent to an activating group) is 1. The number of benzene rings is 1. The monoisotopic (exact) mass is 476 g/mol. The molecule has 0 atom stereocenters. The lowest BCUT2D eigenvalue weighted by Crippen LogP contribution is -2.44. The van der Waals surface area contributed by atoms with Crippen molar-refractivity contribution in [2.24, 2.45) is 0 Å². The number of rotatable bonds is 8. The summed E-state index contributed by atoms with van der Waals surface area (Å²) in [6.07, 6.45) is 4.15. The molecule has 2 saturated heterocycles. The third-order valence-electron chi connectivity index (χ3n) is 7.06. The van der Waals surface area contributed by atoms with Crippen LogP contribution in [0, 0.1) is 0 Å². The Morgan fingerprint density at radius 1 is 1.03 bits per heavy atom. The lowest BCUT2D eigenvalue weighted by atomic mass is 10.1. The molecule has 0 bridgehead atoms. The number of hydrogen-bond acceptors (Lipinski definition) is 7. The van der Waals surface area contributed by atoms with Crippen molar-refractivity contribution >= 4 is 28.6 Å². The van der Waals surface area contributed by atoms with Gasteiger partial charge in [0.05, 0.1) is 0 Å². The van der Waals surface area contributed by atoms with Gasteiger partial charge in [-0.05, 0) is 58.0 Å². The number of imidazole rings is 1. The third kappa shape index (κ3) is 4.96. The topological polar surface area (TPSA) is 82.4 Å². The summed E-state index contributed by atoms with van der Waals surface area (Å²) in [6, 6.07) is 8.95. The maximum absolute atomic E-state index is 11.8. The fourth-order valence-electron chi connectivity index (χ4n) is 5.03. The second-order valence-electron chi connectivity index (χ2n) is 9.90. The first kappa shape index (κ1) is 23.5. The fraction of sp³-hybridized carbons (Fsp3) is 0.538. The largest absolute Gasteiger partial charge is 0.369 e. The zero-order valence-corrected chi connectivity index (χ0v) is 21.1. The third-order valence-corrected chi connectivity index (χ3v) is 7.06. The number of likely N-dealkylation sites (tertiary alicyclic amines) is 1. The molecule has 5 rings (SSSR count). The minimum Gasteiger partial charge on any atom is -0.369 e. The van der Waals surface area contributed by atoms with Crippen LogP contribution in [0.5, 0.6) is 0 Å². The van der Waals surface area contributed by atoms with E-state index in [0.717, 1.165) is 87.0 Å². The number of amides is 1. The molecule has 0 radical (unpaired) electrons. The van der Waals surface area contributed by atoms with Gasteiger partial charge in [0, 0.05) is 69.5 Å². The maximum Gasteiger partial charge on any atom is 0.222 e. The summed E-state index contributed by atoms with van der Waals surface area (Å²) in [4.78, 5) is 32.7. The molecule has 9 nitrogen and oxygen atoms in total. The van der Waals surface area contributed by atoms with Crippen molar-refractivity contribution < 1.29 is 4.79 Å². The van der Waals surface area contributed by atoms with E-state index in [-0.39, 0.29) is 11.9 Å². The van der Waals surface area contributed by atoms with Gasteiger partial charge in [-0.3, -0.25) is 4.79 Å². The quantitative estimate of drug-likeness (QED) is 0.500. The number of anilines is 2. The molecule has 0 unspecified atom stereocenters. The van der Waals surface area contributed by atoms with E-state index in [4.69, 9.17) is 4.98 Å². The zero-order chi connectivity index (χ0) is 24.4. The predicted molar refractivity (Wildman–Crippen MR) is 140 cm³/mol. The number of nitrogens with zero attached hydrogens (tertiary/aromatic N) is 7. The molecule has 1 aromatic carbocycles. The Balaban J connectivity index is 1.35. The second kappa shape index (κ2) is 10.2. The highest BCUT2D eigenvalue weighted by atomic mass is 16.2. The summed E-state index contributed by atoms with van der Waals surface area (Å²) in [5, 5.41) is 3.44. The van der Waals surface area contributed by atoms with Gasteiger partial charge in [-0.15, -0.1) is 0 Å². The number of hydrogen-bond donors (Lipinski definition) is 1. The lowest BCUT2D eigenvalue weighted by Gasteiger charge is -2.34. The molecule has 2 aromatic heterocycles. The second-order valence-corrected chi connectivity index (χ2v) is 9.90. The highest BCUT2D eigenvalue weighted by Gasteiger charge is 2.21. The van der Waals surface area contributed by atoms with Gasteiger partial charge in [-0.2, -0.15) is 0 Å². The summed E-state index contributed by atoms with van der Waals surface area (Å²) < 4.78 is 2.19. The van der Waals surface area contributed by atoms with E-state index in [1.807, 2.05) is 4.90 Å². The summed E-state index contributed by atoms with van der Waals surface area (Å²) in [7, 11) is 2.18. The van der Waals surface area contributed by atoms with Crippen molar-refractivity contribution in [3.05, 3.63) is 30.6 Å². The van der Waals surface area contributed by atoms with Crippen molar-refractivity contribution in [2.45, 2.75) is 39.2 Å². The molecule has 2 aliphatic rings. The SMILES string of the molecule is CC(C)n1c(-c2ccc(N3CCN(C)CC3)cc2)nc2c(NCCCN3CCCC3=O)ncnc21. The Hall–Kier alpha value is -3.20. The Morgan fingerprint density at radius 3 is 2.49 bits per heavy atom. The van der Waals surface area contributed by atoms with Gasteiger partial charge >= 0.3 is 0 Å². The summed E-state index contributed by atoms with van der Waals surface area (Å²) >= 11 is 0. The van der Waals surface area contributed by atoms with Crippen LogP contribution in [0.3, 0.4) is 0 Å². The molecule has 9 heteroatoms. The van der Waals surface area contributed by atoms with Crippen molar-refractivity contribution in [1.29, 1.82) is 0 Å². The van der Waals surface area contributed by atoms with E-state index in [2.05, 4.69) is 74.8 Å². The van der Waals surface area contributed by atoms with Gasteiger partial charge in [-0.25, -0.2) is 15.0 Å². The Morgan fingerprint density at radius 2 is 1.80 bits per heavy atom. The van der Waals surface area contributed by atoms with Gasteiger partial charge in [0.1, 0.15) is 12.2 Å². The summed E-state index contributed by atoms with van der Waals surface area (Å²) in [5.74, 6) is 1.93. The average Bonchev–Trinajstić information content (AvgIpc) is 3.46. The molecule has 4 heterocycles. The first-order valence-corrected chi connectivity index (χ1v) is 12.8. The predicted octanol–water partition coefficient (Wildman–Crippen LogP) is 3.25. The van der Waals surface area contributed by atoms with E-state index in [0.29, 0.717) is 6.42 Å². The molecule has 35 heavy (non-hydrogen) atoms. The number of nitrogens with one attached hydrogen (secondary N) is 1. The van der Waals surface area contributed by atoms with Gasteiger partial charge in [0.2, 0.25) is 5.91 Å². The first-order valence-electron chi connectivity index (χ1n) is 12.8. The molecule has 3 aromatic rings. The highest BCUT2D eigenvalue weighted by Crippen LogP contribution is 2.31. The smallest absolute Gasteiger partial charge is 0.222 e. The van der Waals surface area contributed by atoms with Crippen LogP contribution in [0.15, 0.2) is 30.6 Å². The highest BCUT2D eigenvalue weighted by molar-refractivity contribution is 5.86. The van der Waals surface area contributed by atoms with Gasteiger partial charge < -0.3 is 24.6 Å². The van der Waals surface area contributed by atoms with Gasteiger partial charge in [-0.1, -0.05) is 0 Å². The number of piperazine rings is 1. The molecule has 186 valence electrons. The first-order chi connectivity index (χ1) is 17.0. The fourth-order valence-corrected chi connectivity index (χ4v) is 5.03. The van der Waals surface area contributed by atoms with Crippen molar-refractivity contribution in [3.63, 3.8) is 0 Å². The van der Waals surface area contributed by atoms with E-state index in [9.17, 15) is 4.79 Å². The molecule has 0 aliphatic carbocycles. The van der Waals surface area contributed by atoms with Crippen LogP contribution in [-0.4, -0.2) is 88.1 Å². The molecular formula is C26H36N8O. The average molecular weight is 477 g/mol. The van der Waals surface area contributed by atoms with Crippen molar-refractivity contribution in [1.82, 2.24) is 29.3 Å². The van der Waals surface area contributed by atoms with Gasteiger partial charge in [0.25, 0.3) is 0 Å². The van der Waals surface area contributed by atoms with Crippen LogP contribution >= 0.6 is 0 Å². The molecule has 1 amide bonds. The summed E-state index contributed by atoms with van der Waals surface area (Å²) in [6.45, 7) is 11.0. The van der Waals surface area contributed by atoms with Crippen LogP contribution in [-0.2, 0) is 4.79 Å². The van der Waals surface area contributed by atoms with Crippen LogP contribution < -0.4 is 10.2 Å². The van der Waals surface area contributed by atoms with Crippen LogP contribution in [0.4, 0.5) is 11.5 Å². The maximum atomic E-state index is 11.8. The van der Waals surface area contributed by atoms with E-state index in [1.54, 1.807) is 6.33 Å². The Bertz CT molecular complexity index is 1160. The summed E-state index contributed by atoms with van der Waals surface area (Å²) in [5.41, 5.74) is 3.96. The van der Waals surface area contributed by atoms with E-state index < -0.39 is 0 Å². The van der Waals surface area contributed by atoms with Crippen LogP contribution in [0.2, 0.25) is 0 Å². The minimum atomic E-state index is 0.205. The molecular weight excluding hydrogens is 440 g/mol. The van der Waals surface area contributed by atoms with Crippen molar-refractivity contribution in [3.8, 4) is 11.4 Å². The Labute approximate surface area is 207 Å². The number of fused-ring (bicyclic) bond motifs is 1. The van der Waals surface area contributed by atoms with E-state index in [1.165, 1.54) is 5.69 Å². The van der Waals surface area contributed by atoms with Crippen LogP contribution in [0.25, 0.3) is 22.6 Å². The van der Waals surface area contributed by atoms with Crippen molar-refractivity contribution in [2.75, 3.05) is 63.1 Å². The zero-order valence-electron chi connectivity index (χ0n) is 21.1. The van der Waals surface area contributed by atoms with Crippen LogP contribution in [0.1, 0.15) is 39.2 Å². The van der Waals surface area contributed by atoms with E-state index >= 15 is 0 Å². The van der Waals surface area contributed by atoms with Gasteiger partial charge in [0.15, 0.2) is 17.0 Å². The lowest BCUT2D eigenvalue weighted by molar-refractivity contribution is -0.127. The molecule has 2 fully saturated rings.